The van der Waals surface area contributed by atoms with Crippen LogP contribution in [0.15, 0.2) is 0 Å². The van der Waals surface area contributed by atoms with Gasteiger partial charge in [-0.2, -0.15) is 0 Å². The maximum Gasteiger partial charge on any atom is 0.0816 e. The van der Waals surface area contributed by atoms with Crippen LogP contribution in [0.25, 0.3) is 0 Å². The summed E-state index contributed by atoms with van der Waals surface area (Å²) in [7, 11) is 30.2. The van der Waals surface area contributed by atoms with Crippen LogP contribution in [-0.4, -0.2) is 190 Å². The van der Waals surface area contributed by atoms with Gasteiger partial charge in [0, 0.05) is 71.0 Å². The molecular formula is C48H98N6+6. The molecule has 54 heavy (non-hydrogen) atoms. The monoisotopic (exact) mass is 759 g/mol. The molecule has 12 atom stereocenters. The summed E-state index contributed by atoms with van der Waals surface area (Å²) in [6.45, 7) is 22.1. The van der Waals surface area contributed by atoms with Crippen LogP contribution in [0, 0.1) is 71.0 Å². The minimum absolute atomic E-state index is 0.902. The highest BCUT2D eigenvalue weighted by atomic mass is 15.4. The molecule has 6 fully saturated rings. The third-order valence-corrected chi connectivity index (χ3v) is 17.7. The second-order valence-electron chi connectivity index (χ2n) is 26.2. The Balaban J connectivity index is 1.01. The van der Waals surface area contributed by atoms with E-state index in [9.17, 15) is 0 Å². The number of nitrogens with zero attached hydrogens (tertiary/aromatic N) is 6. The standard InChI is InChI=1S/C48H98N6/c1-37-25-49(3,4)27-39(37)15-17-41-29-51(7,8)31-43(41)19-21-45-33-53(11,12)35-47(45)23-24-48-36-54(13,14)34-46(48)22-20-44-32-52(9,10)30-42(44)18-16-40-28-50(5,6)26-38(40)2/h37-48H,15-36H2,1-14H3/q+6. The van der Waals surface area contributed by atoms with Gasteiger partial charge >= 0.3 is 0 Å². The summed E-state index contributed by atoms with van der Waals surface area (Å²) in [5.41, 5.74) is 0. The van der Waals surface area contributed by atoms with Crippen molar-refractivity contribution < 1.29 is 26.9 Å². The molecule has 12 unspecified atom stereocenters. The zero-order chi connectivity index (χ0) is 39.5. The van der Waals surface area contributed by atoms with E-state index in [1.807, 2.05) is 0 Å². The van der Waals surface area contributed by atoms with Gasteiger partial charge < -0.3 is 26.9 Å². The molecular weight excluding hydrogens is 661 g/mol. The molecule has 6 aliphatic heterocycles. The molecule has 0 aliphatic carbocycles. The summed E-state index contributed by atoms with van der Waals surface area (Å²) >= 11 is 0. The molecule has 0 bridgehead atoms. The lowest BCUT2D eigenvalue weighted by Gasteiger charge is -2.24. The van der Waals surface area contributed by atoms with E-state index in [4.69, 9.17) is 0 Å². The fourth-order valence-corrected chi connectivity index (χ4v) is 15.7. The summed E-state index contributed by atoms with van der Waals surface area (Å²) < 4.78 is 7.54. The highest BCUT2D eigenvalue weighted by Crippen LogP contribution is 2.44. The van der Waals surface area contributed by atoms with E-state index in [1.54, 1.807) is 0 Å². The normalized spacial score (nSPS) is 43.0. The van der Waals surface area contributed by atoms with E-state index < -0.39 is 0 Å². The van der Waals surface area contributed by atoms with E-state index in [2.05, 4.69) is 98.4 Å². The van der Waals surface area contributed by atoms with Gasteiger partial charge in [-0.15, -0.1) is 0 Å². The third-order valence-electron chi connectivity index (χ3n) is 17.7. The van der Waals surface area contributed by atoms with Gasteiger partial charge in [0.05, 0.1) is 163 Å². The lowest BCUT2D eigenvalue weighted by molar-refractivity contribution is -0.881. The molecule has 0 amide bonds. The number of hydrogen-bond donors (Lipinski definition) is 0. The molecule has 0 aromatic heterocycles. The average molecular weight is 759 g/mol. The Hall–Kier alpha value is -0.240. The molecule has 0 aromatic carbocycles. The molecule has 6 rings (SSSR count). The lowest BCUT2D eigenvalue weighted by atomic mass is 9.78. The van der Waals surface area contributed by atoms with Gasteiger partial charge in [-0.05, 0) is 64.2 Å². The fourth-order valence-electron chi connectivity index (χ4n) is 15.7. The number of likely N-dealkylation sites (tertiary alicyclic amines) is 6. The van der Waals surface area contributed by atoms with Gasteiger partial charge in [0.15, 0.2) is 0 Å². The topological polar surface area (TPSA) is 0 Å². The van der Waals surface area contributed by atoms with Crippen LogP contribution in [0.5, 0.6) is 0 Å². The molecule has 0 saturated carbocycles. The van der Waals surface area contributed by atoms with Crippen LogP contribution in [0.1, 0.15) is 78.1 Å². The van der Waals surface area contributed by atoms with Crippen LogP contribution in [-0.2, 0) is 0 Å². The van der Waals surface area contributed by atoms with Crippen molar-refractivity contribution in [2.75, 3.05) is 163 Å². The second-order valence-corrected chi connectivity index (χ2v) is 26.2. The minimum atomic E-state index is 0.902. The summed E-state index contributed by atoms with van der Waals surface area (Å²) in [4.78, 5) is 0. The molecule has 314 valence electrons. The smallest absolute Gasteiger partial charge is 0.0816 e. The summed E-state index contributed by atoms with van der Waals surface area (Å²) in [6, 6.07) is 0. The first-order chi connectivity index (χ1) is 24.9. The van der Waals surface area contributed by atoms with Crippen molar-refractivity contribution in [1.29, 1.82) is 0 Å². The highest BCUT2D eigenvalue weighted by Gasteiger charge is 2.48. The van der Waals surface area contributed by atoms with Gasteiger partial charge in [-0.3, -0.25) is 0 Å². The van der Waals surface area contributed by atoms with E-state index in [0.717, 1.165) is 71.0 Å². The molecule has 6 aliphatic rings. The molecule has 0 N–H and O–H groups in total. The van der Waals surface area contributed by atoms with Gasteiger partial charge in [0.25, 0.3) is 0 Å². The van der Waals surface area contributed by atoms with Crippen molar-refractivity contribution in [1.82, 2.24) is 0 Å². The van der Waals surface area contributed by atoms with Gasteiger partial charge in [-0.25, -0.2) is 0 Å². The summed E-state index contributed by atoms with van der Waals surface area (Å²) in [5, 5.41) is 0. The zero-order valence-electron chi connectivity index (χ0n) is 39.2. The fraction of sp³-hybridized carbons (Fsp3) is 1.00. The van der Waals surface area contributed by atoms with Crippen molar-refractivity contribution in [2.24, 2.45) is 71.0 Å². The predicted molar refractivity (Wildman–Crippen MR) is 230 cm³/mol. The van der Waals surface area contributed by atoms with Crippen LogP contribution in [0.3, 0.4) is 0 Å². The molecule has 6 nitrogen and oxygen atoms in total. The van der Waals surface area contributed by atoms with Crippen molar-refractivity contribution >= 4 is 0 Å². The third kappa shape index (κ3) is 11.3. The van der Waals surface area contributed by atoms with Crippen LogP contribution >= 0.6 is 0 Å². The van der Waals surface area contributed by atoms with Gasteiger partial charge in [-0.1, -0.05) is 13.8 Å². The Labute approximate surface area is 338 Å². The largest absolute Gasteiger partial charge is 0.328 e. The maximum absolute atomic E-state index is 2.55. The van der Waals surface area contributed by atoms with E-state index >= 15 is 0 Å². The minimum Gasteiger partial charge on any atom is -0.328 e. The number of quaternary nitrogens is 6. The average Bonchev–Trinajstić information content (AvgIpc) is 3.80. The number of rotatable bonds is 15. The first kappa shape index (κ1) is 43.3. The van der Waals surface area contributed by atoms with Gasteiger partial charge in [0.1, 0.15) is 0 Å². The Morgan fingerprint density at radius 1 is 0.222 bits per heavy atom. The van der Waals surface area contributed by atoms with Crippen LogP contribution < -0.4 is 0 Å². The summed E-state index contributed by atoms with van der Waals surface area (Å²) in [6.07, 6.45) is 14.9. The van der Waals surface area contributed by atoms with E-state index in [-0.39, 0.29) is 0 Å². The molecule has 6 heteroatoms. The zero-order valence-corrected chi connectivity index (χ0v) is 39.2. The molecule has 0 spiro atoms. The van der Waals surface area contributed by atoms with Crippen LogP contribution in [0.4, 0.5) is 0 Å². The SMILES string of the molecule is CC1C[N+](C)(C)CC1CCC1C[N+](C)(C)CC1CCC1C[N+](C)(C)CC1CCC1C[N+](C)(C)CC1CCC1C[N+](C)(C)CC1CCC1C[N+](C)(C)CC1C. The van der Waals surface area contributed by atoms with Crippen molar-refractivity contribution in [3.63, 3.8) is 0 Å². The molecule has 6 saturated heterocycles. The van der Waals surface area contributed by atoms with E-state index in [0.29, 0.717) is 0 Å². The van der Waals surface area contributed by atoms with E-state index in [1.165, 1.54) is 170 Å². The Kier molecular flexibility index (Phi) is 12.9. The first-order valence-electron chi connectivity index (χ1n) is 23.8. The Morgan fingerprint density at radius 3 is 0.500 bits per heavy atom. The Bertz CT molecular complexity index is 1140. The molecule has 0 radical (unpaired) electrons. The predicted octanol–water partition coefficient (Wildman–Crippen LogP) is 6.86. The van der Waals surface area contributed by atoms with Crippen LogP contribution in [0.2, 0.25) is 0 Å². The highest BCUT2D eigenvalue weighted by molar-refractivity contribution is 4.86. The first-order valence-corrected chi connectivity index (χ1v) is 23.8. The summed E-state index contributed by atoms with van der Waals surface area (Å²) in [5.74, 6) is 11.3. The van der Waals surface area contributed by atoms with Crippen molar-refractivity contribution in [3.05, 3.63) is 0 Å². The van der Waals surface area contributed by atoms with Crippen molar-refractivity contribution in [3.8, 4) is 0 Å². The lowest BCUT2D eigenvalue weighted by Crippen LogP contribution is -2.37. The molecule has 0 aromatic rings. The maximum atomic E-state index is 2.55. The van der Waals surface area contributed by atoms with Gasteiger partial charge in [0.2, 0.25) is 0 Å². The Morgan fingerprint density at radius 2 is 0.352 bits per heavy atom. The second kappa shape index (κ2) is 16.1. The quantitative estimate of drug-likeness (QED) is 0.160. The molecule has 6 heterocycles. The van der Waals surface area contributed by atoms with Crippen molar-refractivity contribution in [2.45, 2.75) is 78.1 Å². The number of hydrogen-bond acceptors (Lipinski definition) is 0.